The molecule has 0 unspecified atom stereocenters. The monoisotopic (exact) mass is 505 g/mol. The van der Waals surface area contributed by atoms with Gasteiger partial charge in [-0.3, -0.25) is 4.99 Å². The molecule has 0 amide bonds. The van der Waals surface area contributed by atoms with E-state index in [0.717, 1.165) is 17.5 Å². The second-order valence-electron chi connectivity index (χ2n) is 5.97. The van der Waals surface area contributed by atoms with Crippen LogP contribution in [0.4, 0.5) is 4.39 Å². The molecule has 0 heterocycles. The molecule has 0 fully saturated rings. The third-order valence-corrected chi connectivity index (χ3v) is 5.00. The van der Waals surface area contributed by atoms with Crippen LogP contribution in [0.1, 0.15) is 11.1 Å². The highest BCUT2D eigenvalue weighted by molar-refractivity contribution is 14.0. The number of nitrogens with zero attached hydrogens (tertiary/aromatic N) is 1. The van der Waals surface area contributed by atoms with Crippen molar-refractivity contribution in [1.82, 2.24) is 10.6 Å². The highest BCUT2D eigenvalue weighted by Gasteiger charge is 2.06. The molecule has 0 spiro atoms. The summed E-state index contributed by atoms with van der Waals surface area (Å²) in [6, 6.07) is 13.4. The molecule has 0 aliphatic rings. The molecule has 2 N–H and O–H groups in total. The summed E-state index contributed by atoms with van der Waals surface area (Å²) in [5, 5.41) is 6.40. The smallest absolute Gasteiger partial charge is 0.190 e. The predicted molar refractivity (Wildman–Crippen MR) is 118 cm³/mol. The van der Waals surface area contributed by atoms with Crippen molar-refractivity contribution in [3.05, 3.63) is 65.5 Å². The Labute approximate surface area is 177 Å². The van der Waals surface area contributed by atoms with Gasteiger partial charge in [-0.25, -0.2) is 12.8 Å². The Morgan fingerprint density at radius 1 is 1.00 bits per heavy atom. The van der Waals surface area contributed by atoms with Crippen LogP contribution in [-0.4, -0.2) is 40.8 Å². The van der Waals surface area contributed by atoms with Gasteiger partial charge in [0.1, 0.15) is 5.82 Å². The molecule has 0 bridgehead atoms. The van der Waals surface area contributed by atoms with Gasteiger partial charge in [0, 0.05) is 26.4 Å². The number of aliphatic imine (C=N–C) groups is 1. The van der Waals surface area contributed by atoms with Crippen molar-refractivity contribution in [2.45, 2.75) is 17.7 Å². The summed E-state index contributed by atoms with van der Waals surface area (Å²) in [4.78, 5) is 4.48. The molecule has 2 aromatic carbocycles. The summed E-state index contributed by atoms with van der Waals surface area (Å²) in [6.45, 7) is 1.31. The lowest BCUT2D eigenvalue weighted by Gasteiger charge is -2.12. The molecule has 27 heavy (non-hydrogen) atoms. The van der Waals surface area contributed by atoms with E-state index < -0.39 is 9.84 Å². The van der Waals surface area contributed by atoms with Crippen LogP contribution >= 0.6 is 24.0 Å². The van der Waals surface area contributed by atoms with Gasteiger partial charge < -0.3 is 10.6 Å². The van der Waals surface area contributed by atoms with E-state index in [1.165, 1.54) is 18.4 Å². The largest absolute Gasteiger partial charge is 0.356 e. The molecule has 2 rings (SSSR count). The minimum absolute atomic E-state index is 0. The predicted octanol–water partition coefficient (Wildman–Crippen LogP) is 2.80. The number of hydrogen-bond donors (Lipinski definition) is 2. The number of halogens is 2. The van der Waals surface area contributed by atoms with Crippen LogP contribution in [0.3, 0.4) is 0 Å². The van der Waals surface area contributed by atoms with Crippen LogP contribution in [0.5, 0.6) is 0 Å². The zero-order valence-corrected chi connectivity index (χ0v) is 18.6. The van der Waals surface area contributed by atoms with Gasteiger partial charge in [-0.1, -0.05) is 24.3 Å². The Bertz CT molecular complexity index is 856. The summed E-state index contributed by atoms with van der Waals surface area (Å²) in [5.74, 6) is 0.445. The molecule has 0 aliphatic carbocycles. The van der Waals surface area contributed by atoms with Crippen LogP contribution in [-0.2, 0) is 22.7 Å². The minimum Gasteiger partial charge on any atom is -0.356 e. The quantitative estimate of drug-likeness (QED) is 0.345. The molecule has 0 atom stereocenters. The van der Waals surface area contributed by atoms with Crippen molar-refractivity contribution in [2.75, 3.05) is 26.4 Å². The van der Waals surface area contributed by atoms with Crippen LogP contribution < -0.4 is 10.6 Å². The first-order chi connectivity index (χ1) is 12.4. The summed E-state index contributed by atoms with van der Waals surface area (Å²) in [5.41, 5.74) is 1.97. The number of benzene rings is 2. The number of hydrogen-bond acceptors (Lipinski definition) is 3. The van der Waals surface area contributed by atoms with E-state index in [2.05, 4.69) is 15.6 Å². The Kier molecular flexibility index (Phi) is 9.71. The molecular formula is C19H25FIN3O2S. The van der Waals surface area contributed by atoms with Gasteiger partial charge in [0.25, 0.3) is 0 Å². The van der Waals surface area contributed by atoms with E-state index in [4.69, 9.17) is 0 Å². The number of nitrogens with one attached hydrogen (secondary N) is 2. The van der Waals surface area contributed by atoms with E-state index in [1.807, 2.05) is 18.2 Å². The maximum Gasteiger partial charge on any atom is 0.190 e. The fourth-order valence-corrected chi connectivity index (χ4v) is 3.10. The molecular weight excluding hydrogens is 480 g/mol. The first-order valence-electron chi connectivity index (χ1n) is 8.36. The molecule has 0 aromatic heterocycles. The van der Waals surface area contributed by atoms with Crippen molar-refractivity contribution in [1.29, 1.82) is 0 Å². The molecule has 2 aromatic rings. The summed E-state index contributed by atoms with van der Waals surface area (Å²) >= 11 is 0. The second kappa shape index (κ2) is 11.2. The van der Waals surface area contributed by atoms with Gasteiger partial charge in [0.2, 0.25) is 0 Å². The van der Waals surface area contributed by atoms with Crippen molar-refractivity contribution in [2.24, 2.45) is 4.99 Å². The Hall–Kier alpha value is -1.68. The van der Waals surface area contributed by atoms with E-state index in [-0.39, 0.29) is 29.8 Å². The Morgan fingerprint density at radius 3 is 2.11 bits per heavy atom. The Morgan fingerprint density at radius 2 is 1.59 bits per heavy atom. The normalized spacial score (nSPS) is 11.6. The maximum atomic E-state index is 13.1. The molecule has 148 valence electrons. The average Bonchev–Trinajstić information content (AvgIpc) is 2.60. The minimum atomic E-state index is -3.16. The van der Waals surface area contributed by atoms with Crippen molar-refractivity contribution in [3.63, 3.8) is 0 Å². The third kappa shape index (κ3) is 8.25. The highest BCUT2D eigenvalue weighted by atomic mass is 127. The summed E-state index contributed by atoms with van der Waals surface area (Å²) in [7, 11) is -1.47. The van der Waals surface area contributed by atoms with Gasteiger partial charge in [-0.2, -0.15) is 0 Å². The lowest BCUT2D eigenvalue weighted by Crippen LogP contribution is -2.39. The van der Waals surface area contributed by atoms with Gasteiger partial charge in [-0.15, -0.1) is 24.0 Å². The second-order valence-corrected chi connectivity index (χ2v) is 7.99. The van der Waals surface area contributed by atoms with E-state index in [1.54, 1.807) is 25.2 Å². The SMILES string of the molecule is CN=C(NCCc1ccc(S(C)(=O)=O)cc1)NCCc1cccc(F)c1.I. The lowest BCUT2D eigenvalue weighted by molar-refractivity contribution is 0.602. The molecule has 0 radical (unpaired) electrons. The number of guanidine groups is 1. The summed E-state index contributed by atoms with van der Waals surface area (Å²) in [6.07, 6.45) is 2.64. The lowest BCUT2D eigenvalue weighted by atomic mass is 10.1. The van der Waals surface area contributed by atoms with Crippen LogP contribution in [0.25, 0.3) is 0 Å². The first kappa shape index (κ1) is 23.4. The molecule has 0 saturated heterocycles. The van der Waals surface area contributed by atoms with Crippen molar-refractivity contribution in [3.8, 4) is 0 Å². The van der Waals surface area contributed by atoms with Gasteiger partial charge in [-0.05, 0) is 48.2 Å². The zero-order valence-electron chi connectivity index (χ0n) is 15.4. The maximum absolute atomic E-state index is 13.1. The van der Waals surface area contributed by atoms with Crippen LogP contribution in [0.15, 0.2) is 58.4 Å². The highest BCUT2D eigenvalue weighted by Crippen LogP contribution is 2.10. The van der Waals surface area contributed by atoms with Crippen molar-refractivity contribution < 1.29 is 12.8 Å². The summed E-state index contributed by atoms with van der Waals surface area (Å²) < 4.78 is 36.0. The number of rotatable bonds is 7. The van der Waals surface area contributed by atoms with Gasteiger partial charge >= 0.3 is 0 Å². The van der Waals surface area contributed by atoms with Gasteiger partial charge in [0.05, 0.1) is 4.90 Å². The van der Waals surface area contributed by atoms with E-state index >= 15 is 0 Å². The van der Waals surface area contributed by atoms with E-state index in [9.17, 15) is 12.8 Å². The Balaban J connectivity index is 0.00000364. The average molecular weight is 505 g/mol. The fraction of sp³-hybridized carbons (Fsp3) is 0.316. The molecule has 5 nitrogen and oxygen atoms in total. The zero-order chi connectivity index (χ0) is 19.0. The molecule has 8 heteroatoms. The molecule has 0 aliphatic heterocycles. The van der Waals surface area contributed by atoms with Gasteiger partial charge in [0.15, 0.2) is 15.8 Å². The third-order valence-electron chi connectivity index (χ3n) is 3.88. The topological polar surface area (TPSA) is 70.6 Å². The molecule has 0 saturated carbocycles. The first-order valence-corrected chi connectivity index (χ1v) is 10.3. The van der Waals surface area contributed by atoms with E-state index in [0.29, 0.717) is 30.4 Å². The fourth-order valence-electron chi connectivity index (χ4n) is 2.47. The number of sulfone groups is 1. The van der Waals surface area contributed by atoms with Crippen LogP contribution in [0, 0.1) is 5.82 Å². The van der Waals surface area contributed by atoms with Crippen molar-refractivity contribution >= 4 is 39.8 Å². The standard InChI is InChI=1S/C19H24FN3O2S.HI/c1-21-19(23-13-11-16-4-3-5-17(20)14-16)22-12-10-15-6-8-18(9-7-15)26(2,24)25;/h3-9,14H,10-13H2,1-2H3,(H2,21,22,23);1H. The van der Waals surface area contributed by atoms with Crippen LogP contribution in [0.2, 0.25) is 0 Å².